The number of alkyl halides is 3. The first kappa shape index (κ1) is 33.4. The maximum Gasteiger partial charge on any atom is 0.490 e. The van der Waals surface area contributed by atoms with E-state index in [0.717, 1.165) is 47.2 Å². The Morgan fingerprint density at radius 1 is 1.14 bits per heavy atom. The van der Waals surface area contributed by atoms with E-state index < -0.39 is 27.5 Å². The van der Waals surface area contributed by atoms with E-state index in [4.69, 9.17) is 37.1 Å². The molecule has 0 atom stereocenters. The number of hydrogen-bond acceptors (Lipinski definition) is 8. The molecule has 5 rings (SSSR count). The Labute approximate surface area is 260 Å². The van der Waals surface area contributed by atoms with Gasteiger partial charge >= 0.3 is 12.1 Å². The van der Waals surface area contributed by atoms with Crippen LogP contribution in [0.1, 0.15) is 42.5 Å². The van der Waals surface area contributed by atoms with E-state index >= 15 is 0 Å². The number of Topliss-reactive ketones (excluding diaryl/α,β-unsaturated/α-hetero) is 1. The van der Waals surface area contributed by atoms with Crippen molar-refractivity contribution in [1.82, 2.24) is 9.78 Å². The lowest BCUT2D eigenvalue weighted by Crippen LogP contribution is -2.53. The van der Waals surface area contributed by atoms with E-state index in [1.165, 1.54) is 6.07 Å². The fourth-order valence-corrected chi connectivity index (χ4v) is 7.63. The van der Waals surface area contributed by atoms with Crippen LogP contribution < -0.4 is 10.5 Å². The summed E-state index contributed by atoms with van der Waals surface area (Å²) in [6, 6.07) is 16.7. The number of carboxylic acid groups (broad SMARTS) is 1. The van der Waals surface area contributed by atoms with E-state index in [-0.39, 0.29) is 15.7 Å². The second kappa shape index (κ2) is 13.3. The number of carbonyl (C=O) groups is 2. The molecule has 2 aromatic heterocycles. The summed E-state index contributed by atoms with van der Waals surface area (Å²) in [6.07, 6.45) is -1.45. The predicted octanol–water partition coefficient (Wildman–Crippen LogP) is 5.80. The van der Waals surface area contributed by atoms with Crippen molar-refractivity contribution in [3.63, 3.8) is 0 Å². The Hall–Kier alpha value is -3.46. The van der Waals surface area contributed by atoms with Crippen LogP contribution in [0.3, 0.4) is 0 Å². The molecule has 0 unspecified atom stereocenters. The Morgan fingerprint density at radius 3 is 2.36 bits per heavy atom. The van der Waals surface area contributed by atoms with Gasteiger partial charge in [0.15, 0.2) is 15.6 Å². The number of aromatic nitrogens is 2. The molecule has 1 aliphatic carbocycles. The zero-order valence-electron chi connectivity index (χ0n) is 23.4. The third-order valence-corrected chi connectivity index (χ3v) is 10.7. The van der Waals surface area contributed by atoms with Crippen LogP contribution in [0.25, 0.3) is 10.9 Å². The van der Waals surface area contributed by atoms with Crippen LogP contribution in [-0.4, -0.2) is 53.9 Å². The molecule has 1 fully saturated rings. The van der Waals surface area contributed by atoms with Crippen molar-refractivity contribution >= 4 is 55.4 Å². The van der Waals surface area contributed by atoms with Crippen LogP contribution in [0.2, 0.25) is 4.34 Å². The maximum atomic E-state index is 13.1. The molecule has 0 amide bonds. The minimum absolute atomic E-state index is 0.132. The van der Waals surface area contributed by atoms with Crippen molar-refractivity contribution in [3.8, 4) is 5.75 Å². The molecular formula is C29H29ClF3N3O6S2. The van der Waals surface area contributed by atoms with Crippen molar-refractivity contribution in [2.24, 2.45) is 5.73 Å². The highest BCUT2D eigenvalue weighted by atomic mass is 35.5. The summed E-state index contributed by atoms with van der Waals surface area (Å²) in [5.74, 6) is -2.33. The number of ketones is 1. The SMILES string of the molecule is COc1cccc2c1c(CS(=O)(=O)c1ccc(Cl)s1)nn2Cc1cccc(CCC(=O)C2(N)CCC2)c1.O=C(O)C(F)(F)F. The van der Waals surface area contributed by atoms with Crippen LogP contribution in [0.5, 0.6) is 5.75 Å². The minimum Gasteiger partial charge on any atom is -0.496 e. The van der Waals surface area contributed by atoms with E-state index in [0.29, 0.717) is 40.6 Å². The predicted molar refractivity (Wildman–Crippen MR) is 160 cm³/mol. The van der Waals surface area contributed by atoms with Gasteiger partial charge in [0, 0.05) is 6.42 Å². The summed E-state index contributed by atoms with van der Waals surface area (Å²) in [6.45, 7) is 0.442. The molecule has 0 radical (unpaired) electrons. The number of aryl methyl sites for hydroxylation is 1. The monoisotopic (exact) mass is 671 g/mol. The van der Waals surface area contributed by atoms with Crippen LogP contribution in [0, 0.1) is 0 Å². The quantitative estimate of drug-likeness (QED) is 0.216. The number of nitrogens with two attached hydrogens (primary N) is 1. The zero-order valence-corrected chi connectivity index (χ0v) is 25.8. The average Bonchev–Trinajstić information content (AvgIpc) is 3.54. The second-order valence-corrected chi connectivity index (χ2v) is 14.3. The molecule has 1 saturated carbocycles. The van der Waals surface area contributed by atoms with Crippen LogP contribution in [0.15, 0.2) is 58.8 Å². The van der Waals surface area contributed by atoms with Gasteiger partial charge in [0.1, 0.15) is 15.7 Å². The summed E-state index contributed by atoms with van der Waals surface area (Å²) < 4.78 is 66.0. The third kappa shape index (κ3) is 7.78. The number of carbonyl (C=O) groups excluding carboxylic acids is 1. The van der Waals surface area contributed by atoms with Crippen molar-refractivity contribution in [1.29, 1.82) is 0 Å². The molecule has 9 nitrogen and oxygen atoms in total. The van der Waals surface area contributed by atoms with Gasteiger partial charge < -0.3 is 15.6 Å². The first-order valence-electron chi connectivity index (χ1n) is 13.3. The van der Waals surface area contributed by atoms with E-state index in [2.05, 4.69) is 6.07 Å². The van der Waals surface area contributed by atoms with Gasteiger partial charge in [0.2, 0.25) is 0 Å². The summed E-state index contributed by atoms with van der Waals surface area (Å²) in [5.41, 5.74) is 8.82. The lowest BCUT2D eigenvalue weighted by molar-refractivity contribution is -0.192. The lowest BCUT2D eigenvalue weighted by Gasteiger charge is -2.36. The highest BCUT2D eigenvalue weighted by molar-refractivity contribution is 7.92. The van der Waals surface area contributed by atoms with Crippen molar-refractivity contribution in [3.05, 3.63) is 75.8 Å². The Morgan fingerprint density at radius 2 is 1.80 bits per heavy atom. The molecule has 44 heavy (non-hydrogen) atoms. The lowest BCUT2D eigenvalue weighted by atomic mass is 9.73. The molecule has 15 heteroatoms. The highest BCUT2D eigenvalue weighted by Gasteiger charge is 2.39. The highest BCUT2D eigenvalue weighted by Crippen LogP contribution is 2.34. The number of nitrogens with zero attached hydrogens (tertiary/aromatic N) is 2. The van der Waals surface area contributed by atoms with Crippen LogP contribution in [0.4, 0.5) is 13.2 Å². The summed E-state index contributed by atoms with van der Waals surface area (Å²) in [5, 5.41) is 12.5. The Bertz CT molecular complexity index is 1780. The first-order chi connectivity index (χ1) is 20.6. The number of benzene rings is 2. The number of methoxy groups -OCH3 is 1. The van der Waals surface area contributed by atoms with Crippen molar-refractivity contribution < 1.29 is 41.0 Å². The Balaban J connectivity index is 0.000000566. The Kier molecular flexibility index (Phi) is 10.1. The van der Waals surface area contributed by atoms with E-state index in [9.17, 15) is 26.4 Å². The molecule has 236 valence electrons. The number of aliphatic carboxylic acids is 1. The fourth-order valence-electron chi connectivity index (χ4n) is 4.78. The molecule has 1 aliphatic rings. The fraction of sp³-hybridized carbons (Fsp3) is 0.345. The van der Waals surface area contributed by atoms with Gasteiger partial charge in [-0.15, -0.1) is 11.3 Å². The van der Waals surface area contributed by atoms with Gasteiger partial charge in [0.25, 0.3) is 0 Å². The summed E-state index contributed by atoms with van der Waals surface area (Å²) in [7, 11) is -2.08. The van der Waals surface area contributed by atoms with Gasteiger partial charge in [-0.2, -0.15) is 18.3 Å². The molecule has 3 N–H and O–H groups in total. The molecule has 2 aromatic carbocycles. The molecule has 4 aromatic rings. The van der Waals surface area contributed by atoms with Crippen molar-refractivity contribution in [2.75, 3.05) is 7.11 Å². The molecule has 0 bridgehead atoms. The molecule has 0 spiro atoms. The van der Waals surface area contributed by atoms with Gasteiger partial charge in [-0.25, -0.2) is 13.2 Å². The van der Waals surface area contributed by atoms with Gasteiger partial charge in [-0.3, -0.25) is 9.48 Å². The number of thiophene rings is 1. The first-order valence-corrected chi connectivity index (χ1v) is 16.2. The van der Waals surface area contributed by atoms with Gasteiger partial charge in [0.05, 0.1) is 40.1 Å². The van der Waals surface area contributed by atoms with Gasteiger partial charge in [-0.05, 0) is 61.1 Å². The van der Waals surface area contributed by atoms with Crippen LogP contribution >= 0.6 is 22.9 Å². The molecular weight excluding hydrogens is 643 g/mol. The number of halogens is 4. The molecule has 0 saturated heterocycles. The third-order valence-electron chi connectivity index (χ3n) is 7.22. The molecule has 2 heterocycles. The zero-order chi connectivity index (χ0) is 32.3. The minimum atomic E-state index is -5.08. The smallest absolute Gasteiger partial charge is 0.490 e. The van der Waals surface area contributed by atoms with Gasteiger partial charge in [-0.1, -0.05) is 41.9 Å². The topological polar surface area (TPSA) is 142 Å². The summed E-state index contributed by atoms with van der Waals surface area (Å²) in [4.78, 5) is 21.4. The van der Waals surface area contributed by atoms with Crippen LogP contribution in [-0.2, 0) is 38.1 Å². The number of carboxylic acids is 1. The number of ether oxygens (including phenoxy) is 1. The molecule has 0 aliphatic heterocycles. The number of rotatable bonds is 10. The number of sulfone groups is 1. The second-order valence-electron chi connectivity index (χ2n) is 10.3. The largest absolute Gasteiger partial charge is 0.496 e. The maximum absolute atomic E-state index is 13.1. The normalized spacial score (nSPS) is 14.4. The average molecular weight is 672 g/mol. The van der Waals surface area contributed by atoms with E-state index in [1.54, 1.807) is 23.9 Å². The van der Waals surface area contributed by atoms with Crippen molar-refractivity contribution in [2.45, 2.75) is 60.3 Å². The number of fused-ring (bicyclic) bond motifs is 1. The summed E-state index contributed by atoms with van der Waals surface area (Å²) >= 11 is 7.01. The van der Waals surface area contributed by atoms with E-state index in [1.807, 2.05) is 30.3 Å². The number of hydrogen-bond donors (Lipinski definition) is 2. The standard InChI is InChI=1S/C27H28ClN3O4S2.C2HF3O2/c1-35-22-8-3-7-21-26(22)20(17-37(33,34)25-12-11-24(28)36-25)30-31(21)16-19-6-2-5-18(15-19)9-10-23(32)27(29)13-4-14-27;3-2(4,5)1(6)7/h2-3,5-8,11-12,15H,4,9-10,13-14,16-17,29H2,1H3;(H,6,7).